The van der Waals surface area contributed by atoms with Gasteiger partial charge in [-0.3, -0.25) is 4.79 Å². The van der Waals surface area contributed by atoms with Crippen LogP contribution in [0.3, 0.4) is 0 Å². The van der Waals surface area contributed by atoms with E-state index < -0.39 is 10.0 Å². The van der Waals surface area contributed by atoms with Crippen LogP contribution in [0.5, 0.6) is 0 Å². The summed E-state index contributed by atoms with van der Waals surface area (Å²) in [5, 5.41) is 3.43. The van der Waals surface area contributed by atoms with Crippen molar-refractivity contribution in [1.29, 1.82) is 0 Å². The summed E-state index contributed by atoms with van der Waals surface area (Å²) < 4.78 is 28.2. The van der Waals surface area contributed by atoms with Crippen LogP contribution in [0.2, 0.25) is 5.02 Å². The number of sulfonamides is 1. The molecule has 0 bridgehead atoms. The molecule has 1 saturated heterocycles. The average Bonchev–Trinajstić information content (AvgIpc) is 3.08. The minimum absolute atomic E-state index is 0.233. The largest absolute Gasteiger partial charge is 0.350 e. The Hall–Kier alpha value is -1.89. The van der Waals surface area contributed by atoms with Gasteiger partial charge >= 0.3 is 0 Å². The van der Waals surface area contributed by atoms with Crippen LogP contribution >= 0.6 is 11.6 Å². The summed E-state index contributed by atoms with van der Waals surface area (Å²) in [6.07, 6.45) is 1.51. The number of carbonyl (C=O) groups is 1. The van der Waals surface area contributed by atoms with Crippen LogP contribution in [-0.4, -0.2) is 37.8 Å². The predicted molar refractivity (Wildman–Crippen MR) is 111 cm³/mol. The topological polar surface area (TPSA) is 66.5 Å². The molecule has 0 aromatic heterocycles. The van der Waals surface area contributed by atoms with Crippen molar-refractivity contribution in [3.8, 4) is 0 Å². The van der Waals surface area contributed by atoms with Crippen LogP contribution < -0.4 is 5.32 Å². The Balaban J connectivity index is 1.77. The van der Waals surface area contributed by atoms with E-state index in [-0.39, 0.29) is 18.5 Å². The monoisotopic (exact) mass is 420 g/mol. The summed E-state index contributed by atoms with van der Waals surface area (Å²) in [6.45, 7) is 6.38. The van der Waals surface area contributed by atoms with Gasteiger partial charge in [0.2, 0.25) is 10.0 Å². The number of nitrogens with one attached hydrogen (secondary N) is 1. The predicted octanol–water partition coefficient (Wildman–Crippen LogP) is 3.85. The molecule has 5 nitrogen and oxygen atoms in total. The van der Waals surface area contributed by atoms with E-state index in [9.17, 15) is 13.2 Å². The first kappa shape index (κ1) is 20.8. The van der Waals surface area contributed by atoms with Crippen LogP contribution in [0.1, 0.15) is 39.9 Å². The quantitative estimate of drug-likeness (QED) is 0.798. The van der Waals surface area contributed by atoms with E-state index in [4.69, 9.17) is 11.6 Å². The number of carbonyl (C=O) groups excluding carboxylic acids is 1. The molecule has 1 aliphatic rings. The molecule has 1 N–H and O–H groups in total. The molecular weight excluding hydrogens is 396 g/mol. The molecule has 3 rings (SSSR count). The van der Waals surface area contributed by atoms with E-state index in [1.54, 1.807) is 28.6 Å². The van der Waals surface area contributed by atoms with E-state index in [1.807, 2.05) is 32.9 Å². The Kier molecular flexibility index (Phi) is 6.12. The highest BCUT2D eigenvalue weighted by atomic mass is 35.5. The molecule has 1 heterocycles. The van der Waals surface area contributed by atoms with Crippen LogP contribution in [-0.2, 0) is 10.0 Å². The van der Waals surface area contributed by atoms with Crippen LogP contribution in [0.4, 0.5) is 0 Å². The van der Waals surface area contributed by atoms with Crippen LogP contribution in [0, 0.1) is 20.8 Å². The van der Waals surface area contributed by atoms with Crippen molar-refractivity contribution < 1.29 is 13.2 Å². The van der Waals surface area contributed by atoms with Gasteiger partial charge < -0.3 is 5.32 Å². The van der Waals surface area contributed by atoms with Gasteiger partial charge in [0.05, 0.1) is 4.90 Å². The van der Waals surface area contributed by atoms with Crippen molar-refractivity contribution >= 4 is 27.5 Å². The molecule has 2 aromatic rings. The van der Waals surface area contributed by atoms with Crippen molar-refractivity contribution in [1.82, 2.24) is 9.62 Å². The van der Waals surface area contributed by atoms with Gasteiger partial charge in [-0.05, 0) is 69.0 Å². The summed E-state index contributed by atoms with van der Waals surface area (Å²) in [5.41, 5.74) is 3.06. The molecule has 0 unspecified atom stereocenters. The van der Waals surface area contributed by atoms with E-state index in [2.05, 4.69) is 5.32 Å². The van der Waals surface area contributed by atoms with E-state index in [0.717, 1.165) is 29.5 Å². The Labute approximate surface area is 171 Å². The zero-order valence-electron chi connectivity index (χ0n) is 16.3. The number of benzene rings is 2. The molecule has 2 aromatic carbocycles. The number of halogens is 1. The van der Waals surface area contributed by atoms with Gasteiger partial charge in [-0.1, -0.05) is 29.3 Å². The second kappa shape index (κ2) is 8.23. The fraction of sp³-hybridized carbons (Fsp3) is 0.381. The normalized spacial score (nSPS) is 17.6. The molecule has 7 heteroatoms. The highest BCUT2D eigenvalue weighted by Gasteiger charge is 2.37. The zero-order valence-corrected chi connectivity index (χ0v) is 17.9. The molecule has 0 saturated carbocycles. The molecule has 1 aliphatic heterocycles. The number of aryl methyl sites for hydroxylation is 3. The summed E-state index contributed by atoms with van der Waals surface area (Å²) >= 11 is 5.85. The van der Waals surface area contributed by atoms with Gasteiger partial charge in [0.25, 0.3) is 5.91 Å². The molecule has 0 spiro atoms. The molecule has 1 fully saturated rings. The van der Waals surface area contributed by atoms with Crippen LogP contribution in [0.25, 0.3) is 0 Å². The Morgan fingerprint density at radius 3 is 2.36 bits per heavy atom. The second-order valence-corrected chi connectivity index (χ2v) is 9.62. The second-order valence-electron chi connectivity index (χ2n) is 7.36. The SMILES string of the molecule is Cc1cc(C)c(S(=O)(=O)N2CCC[C@H]2CNC(=O)c2ccc(Cl)cc2)c(C)c1. The molecule has 0 aliphatic carbocycles. The first-order chi connectivity index (χ1) is 13.2. The van der Waals surface area contributed by atoms with Crippen molar-refractivity contribution in [3.05, 3.63) is 63.7 Å². The van der Waals surface area contributed by atoms with Crippen molar-refractivity contribution in [2.75, 3.05) is 13.1 Å². The summed E-state index contributed by atoms with van der Waals surface area (Å²) in [7, 11) is -3.62. The standard InChI is InChI=1S/C21H25ClN2O3S/c1-14-11-15(2)20(16(3)12-14)28(26,27)24-10-4-5-19(24)13-23-21(25)17-6-8-18(22)9-7-17/h6-9,11-12,19H,4-5,10,13H2,1-3H3,(H,23,25)/t19-/m0/s1. The zero-order chi connectivity index (χ0) is 20.5. The van der Waals surface area contributed by atoms with Crippen LogP contribution in [0.15, 0.2) is 41.3 Å². The van der Waals surface area contributed by atoms with Gasteiger partial charge in [-0.15, -0.1) is 0 Å². The number of hydrogen-bond acceptors (Lipinski definition) is 3. The van der Waals surface area contributed by atoms with Gasteiger partial charge in [-0.25, -0.2) is 8.42 Å². The summed E-state index contributed by atoms with van der Waals surface area (Å²) in [5.74, 6) is -0.233. The highest BCUT2D eigenvalue weighted by Crippen LogP contribution is 2.30. The highest BCUT2D eigenvalue weighted by molar-refractivity contribution is 7.89. The third kappa shape index (κ3) is 4.24. The third-order valence-corrected chi connectivity index (χ3v) is 7.61. The first-order valence-corrected chi connectivity index (χ1v) is 11.2. The molecular formula is C21H25ClN2O3S. The minimum atomic E-state index is -3.62. The van der Waals surface area contributed by atoms with Gasteiger partial charge in [0.1, 0.15) is 0 Å². The minimum Gasteiger partial charge on any atom is -0.350 e. The fourth-order valence-electron chi connectivity index (χ4n) is 3.93. The van der Waals surface area contributed by atoms with Crippen molar-refractivity contribution in [3.63, 3.8) is 0 Å². The molecule has 28 heavy (non-hydrogen) atoms. The Bertz CT molecular complexity index is 964. The molecule has 0 radical (unpaired) electrons. The lowest BCUT2D eigenvalue weighted by molar-refractivity contribution is 0.0946. The summed E-state index contributed by atoms with van der Waals surface area (Å²) in [6, 6.07) is 10.2. The van der Waals surface area contributed by atoms with E-state index in [0.29, 0.717) is 22.0 Å². The van der Waals surface area contributed by atoms with Crippen molar-refractivity contribution in [2.24, 2.45) is 0 Å². The van der Waals surface area contributed by atoms with Crippen molar-refractivity contribution in [2.45, 2.75) is 44.6 Å². The maximum absolute atomic E-state index is 13.3. The number of amides is 1. The number of nitrogens with zero attached hydrogens (tertiary/aromatic N) is 1. The van der Waals surface area contributed by atoms with Gasteiger partial charge in [0.15, 0.2) is 0 Å². The molecule has 1 atom stereocenters. The average molecular weight is 421 g/mol. The lowest BCUT2D eigenvalue weighted by atomic mass is 10.1. The lowest BCUT2D eigenvalue weighted by Crippen LogP contribution is -2.43. The lowest BCUT2D eigenvalue weighted by Gasteiger charge is -2.26. The summed E-state index contributed by atoms with van der Waals surface area (Å²) in [4.78, 5) is 12.7. The maximum atomic E-state index is 13.3. The van der Waals surface area contributed by atoms with E-state index in [1.165, 1.54) is 0 Å². The van der Waals surface area contributed by atoms with Gasteiger partial charge in [-0.2, -0.15) is 4.31 Å². The third-order valence-electron chi connectivity index (χ3n) is 5.10. The van der Waals surface area contributed by atoms with Gasteiger partial charge in [0, 0.05) is 29.7 Å². The number of rotatable bonds is 5. The fourth-order valence-corrected chi connectivity index (χ4v) is 6.17. The Morgan fingerprint density at radius 1 is 1.14 bits per heavy atom. The smallest absolute Gasteiger partial charge is 0.251 e. The first-order valence-electron chi connectivity index (χ1n) is 9.33. The number of hydrogen-bond donors (Lipinski definition) is 1. The van der Waals surface area contributed by atoms with E-state index >= 15 is 0 Å². The molecule has 1 amide bonds. The molecule has 150 valence electrons. The maximum Gasteiger partial charge on any atom is 0.251 e. The Morgan fingerprint density at radius 2 is 1.75 bits per heavy atom.